The second-order valence-electron chi connectivity index (χ2n) is 5.72. The number of esters is 2. The maximum absolute atomic E-state index is 11.0. The van der Waals surface area contributed by atoms with Gasteiger partial charge in [0.25, 0.3) is 0 Å². The summed E-state index contributed by atoms with van der Waals surface area (Å²) in [6.07, 6.45) is 1.34. The Labute approximate surface area is 179 Å². The first-order valence-corrected chi connectivity index (χ1v) is 9.94. The van der Waals surface area contributed by atoms with Crippen molar-refractivity contribution in [3.8, 4) is 11.5 Å². The van der Waals surface area contributed by atoms with Crippen molar-refractivity contribution < 1.29 is 27.8 Å². The first-order chi connectivity index (χ1) is 14.2. The highest BCUT2D eigenvalue weighted by Gasteiger charge is 2.04. The van der Waals surface area contributed by atoms with Crippen molar-refractivity contribution in [2.75, 3.05) is 5.75 Å². The molecule has 0 radical (unpaired) electrons. The van der Waals surface area contributed by atoms with Gasteiger partial charge in [-0.05, 0) is 38.1 Å². The molecule has 1 atom stereocenters. The molecule has 0 spiro atoms. The van der Waals surface area contributed by atoms with Gasteiger partial charge in [-0.15, -0.1) is 6.58 Å². The Morgan fingerprint density at radius 1 is 0.867 bits per heavy atom. The summed E-state index contributed by atoms with van der Waals surface area (Å²) in [5, 5.41) is 0. The lowest BCUT2D eigenvalue weighted by Crippen LogP contribution is -2.07. The first-order valence-electron chi connectivity index (χ1n) is 8.69. The van der Waals surface area contributed by atoms with E-state index >= 15 is 0 Å². The Kier molecular flexibility index (Phi) is 13.9. The van der Waals surface area contributed by atoms with Gasteiger partial charge in [0, 0.05) is 16.9 Å². The molecule has 0 saturated heterocycles. The fourth-order valence-corrected chi connectivity index (χ4v) is 1.65. The summed E-state index contributed by atoms with van der Waals surface area (Å²) in [7, 11) is 0. The van der Waals surface area contributed by atoms with Gasteiger partial charge in [-0.2, -0.15) is 0 Å². The van der Waals surface area contributed by atoms with Crippen LogP contribution in [0.25, 0.3) is 0 Å². The normalized spacial score (nSPS) is 9.97. The van der Waals surface area contributed by atoms with Crippen molar-refractivity contribution in [3.05, 3.63) is 97.6 Å². The lowest BCUT2D eigenvalue weighted by atomic mass is 10.3. The number of benzene rings is 2. The quantitative estimate of drug-likeness (QED) is 0.222. The highest BCUT2D eigenvalue weighted by molar-refractivity contribution is 7.79. The van der Waals surface area contributed by atoms with E-state index in [1.54, 1.807) is 62.4 Å². The van der Waals surface area contributed by atoms with Gasteiger partial charge in [-0.25, -0.2) is 9.59 Å². The molecule has 0 amide bonds. The molecule has 0 aromatic heterocycles. The molecule has 2 aromatic carbocycles. The van der Waals surface area contributed by atoms with Gasteiger partial charge in [-0.3, -0.25) is 4.21 Å². The van der Waals surface area contributed by atoms with Crippen LogP contribution in [0.2, 0.25) is 0 Å². The zero-order valence-electron chi connectivity index (χ0n) is 17.0. The second-order valence-corrected chi connectivity index (χ2v) is 6.67. The number of hydrogen-bond donors (Lipinski definition) is 0. The molecular weight excluding hydrogens is 404 g/mol. The van der Waals surface area contributed by atoms with Crippen LogP contribution in [-0.2, 0) is 20.7 Å². The molecule has 6 nitrogen and oxygen atoms in total. The molecule has 1 unspecified atom stereocenters. The van der Waals surface area contributed by atoms with Crippen molar-refractivity contribution in [2.24, 2.45) is 0 Å². The smallest absolute Gasteiger partial charge is 0.338 e. The summed E-state index contributed by atoms with van der Waals surface area (Å²) in [4.78, 5) is 22.0. The molecule has 2 aromatic rings. The average Bonchev–Trinajstić information content (AvgIpc) is 2.70. The van der Waals surface area contributed by atoms with E-state index in [0.717, 1.165) is 0 Å². The number of carbonyl (C=O) groups is 2. The fraction of sp³-hybridized carbons (Fsp3) is 0.130. The highest BCUT2D eigenvalue weighted by atomic mass is 32.2. The molecule has 160 valence electrons. The summed E-state index contributed by atoms with van der Waals surface area (Å²) in [5.41, 5.74) is 0.803. The van der Waals surface area contributed by atoms with Crippen LogP contribution in [0.15, 0.2) is 97.6 Å². The molecule has 7 heteroatoms. The van der Waals surface area contributed by atoms with Crippen LogP contribution in [0.3, 0.4) is 0 Å². The van der Waals surface area contributed by atoms with E-state index < -0.39 is 11.1 Å². The SMILES string of the molecule is C=C(C)C(=O)Oc1ccccc1.C=C(C)C(=O)Oc1ccccc1.C=CCS(=O)[O-]. The third-order valence-electron chi connectivity index (χ3n) is 2.86. The predicted octanol–water partition coefficient (Wildman–Crippen LogP) is 4.39. The number of hydrogen-bond acceptors (Lipinski definition) is 6. The van der Waals surface area contributed by atoms with Gasteiger partial charge in [-0.1, -0.05) is 66.7 Å². The van der Waals surface area contributed by atoms with Crippen LogP contribution in [0.5, 0.6) is 11.5 Å². The Morgan fingerprint density at radius 2 is 1.20 bits per heavy atom. The van der Waals surface area contributed by atoms with Gasteiger partial charge in [0.05, 0.1) is 0 Å². The second kappa shape index (κ2) is 15.6. The van der Waals surface area contributed by atoms with E-state index in [4.69, 9.17) is 9.47 Å². The minimum atomic E-state index is -1.93. The molecule has 0 heterocycles. The van der Waals surface area contributed by atoms with Crippen molar-refractivity contribution >= 4 is 23.0 Å². The Morgan fingerprint density at radius 3 is 1.40 bits per heavy atom. The zero-order valence-corrected chi connectivity index (χ0v) is 17.9. The van der Waals surface area contributed by atoms with E-state index in [0.29, 0.717) is 22.6 Å². The van der Waals surface area contributed by atoms with Crippen LogP contribution in [-0.4, -0.2) is 26.5 Å². The molecule has 0 N–H and O–H groups in total. The lowest BCUT2D eigenvalue weighted by Gasteiger charge is -2.01. The molecule has 0 aliphatic heterocycles. The number of para-hydroxylation sites is 2. The molecule has 0 aliphatic carbocycles. The van der Waals surface area contributed by atoms with E-state index in [-0.39, 0.29) is 17.7 Å². The van der Waals surface area contributed by atoms with Crippen molar-refractivity contribution in [2.45, 2.75) is 13.8 Å². The Hall–Kier alpha value is -3.29. The highest BCUT2D eigenvalue weighted by Crippen LogP contribution is 2.10. The molecular formula is C23H25O6S-. The minimum Gasteiger partial charge on any atom is -0.772 e. The van der Waals surface area contributed by atoms with Crippen LogP contribution in [0, 0.1) is 0 Å². The monoisotopic (exact) mass is 429 g/mol. The fourth-order valence-electron chi connectivity index (χ4n) is 1.46. The molecule has 0 fully saturated rings. The number of ether oxygens (including phenoxy) is 2. The predicted molar refractivity (Wildman–Crippen MR) is 118 cm³/mol. The van der Waals surface area contributed by atoms with Crippen LogP contribution in [0.4, 0.5) is 0 Å². The Bertz CT molecular complexity index is 796. The van der Waals surface area contributed by atoms with E-state index in [1.807, 2.05) is 12.1 Å². The van der Waals surface area contributed by atoms with Gasteiger partial charge >= 0.3 is 11.9 Å². The van der Waals surface area contributed by atoms with Gasteiger partial charge < -0.3 is 14.0 Å². The van der Waals surface area contributed by atoms with Crippen molar-refractivity contribution in [1.82, 2.24) is 0 Å². The topological polar surface area (TPSA) is 92.7 Å². The van der Waals surface area contributed by atoms with E-state index in [9.17, 15) is 18.4 Å². The third-order valence-corrected chi connectivity index (χ3v) is 3.37. The summed E-state index contributed by atoms with van der Waals surface area (Å²) < 4.78 is 28.9. The largest absolute Gasteiger partial charge is 0.772 e. The summed E-state index contributed by atoms with van der Waals surface area (Å²) >= 11 is -1.93. The van der Waals surface area contributed by atoms with Crippen LogP contribution >= 0.6 is 0 Å². The maximum atomic E-state index is 11.0. The maximum Gasteiger partial charge on any atom is 0.338 e. The first kappa shape index (κ1) is 26.7. The summed E-state index contributed by atoms with van der Waals surface area (Å²) in [6.45, 7) is 13.4. The lowest BCUT2D eigenvalue weighted by molar-refractivity contribution is -0.130. The summed E-state index contributed by atoms with van der Waals surface area (Å²) in [6, 6.07) is 17.8. The minimum absolute atomic E-state index is 0.0556. The molecule has 0 bridgehead atoms. The molecule has 0 saturated carbocycles. The van der Waals surface area contributed by atoms with Crippen LogP contribution < -0.4 is 9.47 Å². The van der Waals surface area contributed by atoms with Crippen molar-refractivity contribution in [1.29, 1.82) is 0 Å². The van der Waals surface area contributed by atoms with Gasteiger partial charge in [0.15, 0.2) is 0 Å². The van der Waals surface area contributed by atoms with Crippen LogP contribution in [0.1, 0.15) is 13.8 Å². The van der Waals surface area contributed by atoms with Gasteiger partial charge in [0.1, 0.15) is 11.5 Å². The average molecular weight is 430 g/mol. The van der Waals surface area contributed by atoms with Crippen molar-refractivity contribution in [3.63, 3.8) is 0 Å². The molecule has 30 heavy (non-hydrogen) atoms. The molecule has 0 aliphatic rings. The third kappa shape index (κ3) is 13.8. The standard InChI is InChI=1S/2C10H10O2.C3H6O2S/c2*1-8(2)10(11)12-9-6-4-3-5-7-9;1-2-3-6(4)5/h2*3-7H,1H2,2H3;2H,1,3H2,(H,4,5)/p-1. The summed E-state index contributed by atoms with van der Waals surface area (Å²) in [5.74, 6) is 0.374. The van der Waals surface area contributed by atoms with Gasteiger partial charge in [0.2, 0.25) is 0 Å². The van der Waals surface area contributed by atoms with E-state index in [2.05, 4.69) is 19.7 Å². The number of rotatable bonds is 6. The van der Waals surface area contributed by atoms with E-state index in [1.165, 1.54) is 6.08 Å². The number of carbonyl (C=O) groups excluding carboxylic acids is 2. The Balaban J connectivity index is 0.000000447. The molecule has 2 rings (SSSR count). The zero-order chi connectivity index (χ0) is 22.9.